The number of fused-ring (bicyclic) bond motifs is 8. The molecule has 9 rings (SSSR count). The normalized spacial score (nSPS) is 12.0. The number of benzene rings is 2. The maximum Gasteiger partial charge on any atom is 0.0738 e. The van der Waals surface area contributed by atoms with Gasteiger partial charge in [-0.3, -0.25) is 9.97 Å². The molecule has 0 fully saturated rings. The van der Waals surface area contributed by atoms with E-state index in [4.69, 9.17) is 9.97 Å². The highest BCUT2D eigenvalue weighted by Crippen LogP contribution is 2.38. The van der Waals surface area contributed by atoms with Gasteiger partial charge < -0.3 is 9.97 Å². The van der Waals surface area contributed by atoms with Crippen molar-refractivity contribution in [3.8, 4) is 44.5 Å². The van der Waals surface area contributed by atoms with Crippen LogP contribution in [0, 0.1) is 13.8 Å². The molecule has 0 aliphatic carbocycles. The molecule has 5 aromatic heterocycles. The minimum Gasteiger partial charge on any atom is -0.354 e. The van der Waals surface area contributed by atoms with E-state index in [2.05, 4.69) is 131 Å². The molecule has 2 aromatic carbocycles. The highest BCUT2D eigenvalue weighted by Gasteiger charge is 2.19. The van der Waals surface area contributed by atoms with Crippen molar-refractivity contribution in [3.63, 3.8) is 0 Å². The van der Waals surface area contributed by atoms with Crippen LogP contribution < -0.4 is 0 Å². The zero-order valence-electron chi connectivity index (χ0n) is 27.6. The van der Waals surface area contributed by atoms with Crippen molar-refractivity contribution in [3.05, 3.63) is 156 Å². The van der Waals surface area contributed by atoms with Crippen molar-refractivity contribution in [2.75, 3.05) is 0 Å². The lowest BCUT2D eigenvalue weighted by Crippen LogP contribution is -1.91. The van der Waals surface area contributed by atoms with Crippen molar-refractivity contribution in [1.82, 2.24) is 29.9 Å². The molecule has 0 radical (unpaired) electrons. The van der Waals surface area contributed by atoms with E-state index >= 15 is 0 Å². The summed E-state index contributed by atoms with van der Waals surface area (Å²) >= 11 is 0. The number of nitrogens with zero attached hydrogens (tertiary/aromatic N) is 4. The van der Waals surface area contributed by atoms with E-state index in [1.54, 1.807) is 0 Å². The minimum atomic E-state index is 0.860. The molecular weight excluding hydrogens is 613 g/mol. The van der Waals surface area contributed by atoms with Gasteiger partial charge in [0, 0.05) is 69.1 Å². The van der Waals surface area contributed by atoms with Crippen LogP contribution in [0.3, 0.4) is 0 Å². The van der Waals surface area contributed by atoms with Gasteiger partial charge in [0.25, 0.3) is 0 Å². The van der Waals surface area contributed by atoms with Crippen LogP contribution in [0.15, 0.2) is 122 Å². The molecule has 0 spiro atoms. The molecule has 0 saturated carbocycles. The Morgan fingerprint density at radius 2 is 0.660 bits per heavy atom. The molecule has 6 nitrogen and oxygen atoms in total. The molecule has 6 heteroatoms. The lowest BCUT2D eigenvalue weighted by Gasteiger charge is -2.07. The molecule has 2 aliphatic rings. The van der Waals surface area contributed by atoms with E-state index in [0.29, 0.717) is 0 Å². The lowest BCUT2D eigenvalue weighted by molar-refractivity contribution is 1.27. The molecule has 50 heavy (non-hydrogen) atoms. The van der Waals surface area contributed by atoms with Gasteiger partial charge in [-0.05, 0) is 109 Å². The summed E-state index contributed by atoms with van der Waals surface area (Å²) in [4.78, 5) is 26.9. The van der Waals surface area contributed by atoms with Gasteiger partial charge in [-0.1, -0.05) is 59.7 Å². The topological polar surface area (TPSA) is 83.1 Å². The van der Waals surface area contributed by atoms with Gasteiger partial charge in [-0.2, -0.15) is 0 Å². The Balaban J connectivity index is 1.48. The largest absolute Gasteiger partial charge is 0.354 e. The summed E-state index contributed by atoms with van der Waals surface area (Å²) in [5, 5.41) is 0. The molecule has 0 saturated heterocycles. The third-order valence-electron chi connectivity index (χ3n) is 9.37. The third kappa shape index (κ3) is 5.24. The van der Waals surface area contributed by atoms with Gasteiger partial charge in [-0.25, -0.2) is 9.97 Å². The van der Waals surface area contributed by atoms with E-state index in [-0.39, 0.29) is 0 Å². The van der Waals surface area contributed by atoms with Crippen LogP contribution in [-0.2, 0) is 0 Å². The summed E-state index contributed by atoms with van der Waals surface area (Å²) < 4.78 is 0. The standard InChI is InChI=1S/C44H32N6/c1-27-3-7-29(8-4-27)41-33-11-15-37(47-33)43(31-19-23-45-24-20-31)39-17-13-35(49-39)42(30-9-5-28(2)6-10-30)36-14-18-40(50-36)44(32-21-25-46-26-22-32)38-16-12-34(41)48-38/h3-26,47-48H,1-2H3. The molecule has 0 atom stereocenters. The smallest absolute Gasteiger partial charge is 0.0738 e. The fraction of sp³-hybridized carbons (Fsp3) is 0.0455. The van der Waals surface area contributed by atoms with Gasteiger partial charge in [0.05, 0.1) is 22.8 Å². The zero-order valence-corrected chi connectivity index (χ0v) is 27.6. The van der Waals surface area contributed by atoms with E-state index < -0.39 is 0 Å². The second-order valence-corrected chi connectivity index (χ2v) is 12.7. The average Bonchev–Trinajstić information content (AvgIpc) is 3.98. The first kappa shape index (κ1) is 29.5. The minimum absolute atomic E-state index is 0.860. The van der Waals surface area contributed by atoms with Crippen molar-refractivity contribution in [2.24, 2.45) is 0 Å². The number of aryl methyl sites for hydroxylation is 2. The molecule has 0 unspecified atom stereocenters. The average molecular weight is 645 g/mol. The molecule has 7 aromatic rings. The molecular formula is C44H32N6. The Bertz CT molecular complexity index is 2490. The SMILES string of the molecule is Cc1ccc(-c2c3nc(c(-c4ccncc4)c4ccc([nH]4)c(-c4ccc(C)cc4)c4ccc([nH]4)c(-c4ccncc4)c4nc2C=C4)C=C3)cc1. The van der Waals surface area contributed by atoms with Gasteiger partial charge in [0.2, 0.25) is 0 Å². The van der Waals surface area contributed by atoms with Crippen molar-refractivity contribution < 1.29 is 0 Å². The maximum absolute atomic E-state index is 5.34. The monoisotopic (exact) mass is 644 g/mol. The number of rotatable bonds is 4. The van der Waals surface area contributed by atoms with Gasteiger partial charge in [-0.15, -0.1) is 0 Å². The summed E-state index contributed by atoms with van der Waals surface area (Å²) in [5.74, 6) is 0. The number of aromatic nitrogens is 6. The summed E-state index contributed by atoms with van der Waals surface area (Å²) in [7, 11) is 0. The predicted molar refractivity (Wildman–Crippen MR) is 206 cm³/mol. The van der Waals surface area contributed by atoms with Gasteiger partial charge in [0.1, 0.15) is 0 Å². The van der Waals surface area contributed by atoms with Crippen LogP contribution in [0.2, 0.25) is 0 Å². The molecule has 238 valence electrons. The number of nitrogens with one attached hydrogen (secondary N) is 2. The predicted octanol–water partition coefficient (Wildman–Crippen LogP) is 10.7. The molecule has 8 bridgehead atoms. The first-order chi connectivity index (χ1) is 24.6. The van der Waals surface area contributed by atoms with E-state index in [0.717, 1.165) is 89.4 Å². The first-order valence-corrected chi connectivity index (χ1v) is 16.7. The Labute approximate surface area is 289 Å². The number of hydrogen-bond donors (Lipinski definition) is 2. The van der Waals surface area contributed by atoms with Crippen molar-refractivity contribution in [2.45, 2.75) is 13.8 Å². The number of hydrogen-bond acceptors (Lipinski definition) is 4. The zero-order chi connectivity index (χ0) is 33.6. The Morgan fingerprint density at radius 1 is 0.340 bits per heavy atom. The van der Waals surface area contributed by atoms with E-state index in [1.165, 1.54) is 11.1 Å². The van der Waals surface area contributed by atoms with E-state index in [1.807, 2.05) is 49.1 Å². The molecule has 0 amide bonds. The van der Waals surface area contributed by atoms with Crippen LogP contribution in [-0.4, -0.2) is 29.9 Å². The van der Waals surface area contributed by atoms with Crippen LogP contribution >= 0.6 is 0 Å². The van der Waals surface area contributed by atoms with Crippen LogP contribution in [0.4, 0.5) is 0 Å². The maximum atomic E-state index is 5.34. The Kier molecular flexibility index (Phi) is 7.13. The van der Waals surface area contributed by atoms with Crippen molar-refractivity contribution >= 4 is 46.4 Å². The summed E-state index contributed by atoms with van der Waals surface area (Å²) in [6, 6.07) is 34.1. The molecule has 7 heterocycles. The summed E-state index contributed by atoms with van der Waals surface area (Å²) in [6.07, 6.45) is 15.7. The highest BCUT2D eigenvalue weighted by atomic mass is 14.8. The number of H-pyrrole nitrogens is 2. The second kappa shape index (κ2) is 12.1. The second-order valence-electron chi connectivity index (χ2n) is 12.7. The van der Waals surface area contributed by atoms with Crippen molar-refractivity contribution in [1.29, 1.82) is 0 Å². The van der Waals surface area contributed by atoms with Crippen LogP contribution in [0.5, 0.6) is 0 Å². The van der Waals surface area contributed by atoms with Gasteiger partial charge >= 0.3 is 0 Å². The Hall–Kier alpha value is -6.66. The summed E-state index contributed by atoms with van der Waals surface area (Å²) in [6.45, 7) is 4.22. The fourth-order valence-corrected chi connectivity index (χ4v) is 6.90. The fourth-order valence-electron chi connectivity index (χ4n) is 6.90. The number of aromatic amines is 2. The van der Waals surface area contributed by atoms with Crippen LogP contribution in [0.25, 0.3) is 90.9 Å². The summed E-state index contributed by atoms with van der Waals surface area (Å²) in [5.41, 5.74) is 18.1. The van der Waals surface area contributed by atoms with Gasteiger partial charge in [0.15, 0.2) is 0 Å². The van der Waals surface area contributed by atoms with E-state index in [9.17, 15) is 0 Å². The lowest BCUT2D eigenvalue weighted by atomic mass is 10.0. The molecule has 2 aliphatic heterocycles. The highest BCUT2D eigenvalue weighted by molar-refractivity contribution is 6.00. The first-order valence-electron chi connectivity index (χ1n) is 16.7. The van der Waals surface area contributed by atoms with Crippen LogP contribution in [0.1, 0.15) is 33.9 Å². The number of pyridine rings is 2. The Morgan fingerprint density at radius 3 is 1.06 bits per heavy atom. The quantitative estimate of drug-likeness (QED) is 0.200. The third-order valence-corrected chi connectivity index (χ3v) is 9.37. The molecule has 2 N–H and O–H groups in total.